The Labute approximate surface area is 121 Å². The third-order valence-electron chi connectivity index (χ3n) is 3.31. The number of rotatable bonds is 4. The van der Waals surface area contributed by atoms with Crippen molar-refractivity contribution in [3.63, 3.8) is 0 Å². The van der Waals surface area contributed by atoms with Crippen LogP contribution in [0.1, 0.15) is 12.8 Å². The van der Waals surface area contributed by atoms with E-state index in [0.717, 1.165) is 19.4 Å². The molecule has 1 aliphatic rings. The summed E-state index contributed by atoms with van der Waals surface area (Å²) in [5.74, 6) is 0.292. The summed E-state index contributed by atoms with van der Waals surface area (Å²) >= 11 is 5.97. The molecule has 0 spiro atoms. The Hall–Kier alpha value is -1.60. The molecule has 7 nitrogen and oxygen atoms in total. The molecule has 0 saturated carbocycles. The lowest BCUT2D eigenvalue weighted by Crippen LogP contribution is -2.44. The average Bonchev–Trinajstić information content (AvgIpc) is 2.47. The van der Waals surface area contributed by atoms with Crippen molar-refractivity contribution in [2.45, 2.75) is 12.8 Å². The van der Waals surface area contributed by atoms with Crippen molar-refractivity contribution in [1.82, 2.24) is 15.3 Å². The predicted molar refractivity (Wildman–Crippen MR) is 76.9 cm³/mol. The van der Waals surface area contributed by atoms with Crippen molar-refractivity contribution in [2.24, 2.45) is 11.7 Å². The number of hydrogen-bond donors (Lipinski definition) is 3. The van der Waals surface area contributed by atoms with Crippen LogP contribution in [-0.4, -0.2) is 42.1 Å². The first-order valence-corrected chi connectivity index (χ1v) is 6.97. The van der Waals surface area contributed by atoms with Crippen molar-refractivity contribution in [3.05, 3.63) is 21.7 Å². The normalized spacial score (nSPS) is 18.9. The molecule has 8 heteroatoms. The zero-order valence-corrected chi connectivity index (χ0v) is 11.8. The van der Waals surface area contributed by atoms with Crippen molar-refractivity contribution in [2.75, 3.05) is 31.1 Å². The van der Waals surface area contributed by atoms with E-state index in [-0.39, 0.29) is 22.4 Å². The molecule has 1 fully saturated rings. The van der Waals surface area contributed by atoms with Gasteiger partial charge in [0.05, 0.1) is 12.2 Å². The van der Waals surface area contributed by atoms with Gasteiger partial charge in [-0.3, -0.25) is 9.59 Å². The number of anilines is 1. The maximum Gasteiger partial charge on any atom is 0.271 e. The second-order valence-electron chi connectivity index (χ2n) is 4.73. The Morgan fingerprint density at radius 3 is 3.20 bits per heavy atom. The van der Waals surface area contributed by atoms with E-state index < -0.39 is 0 Å². The highest BCUT2D eigenvalue weighted by Gasteiger charge is 2.27. The standard InChI is InChI=1S/C12H18ClN5O2/c13-9-10(16-7-17-12(9)20)18-5-1-2-8(6-18)11(19)15-4-3-14/h7-8H,1-6,14H2,(H,15,19)(H,16,17,20). The van der Waals surface area contributed by atoms with Gasteiger partial charge in [-0.1, -0.05) is 11.6 Å². The van der Waals surface area contributed by atoms with Gasteiger partial charge < -0.3 is 20.9 Å². The number of aromatic amines is 1. The highest BCUT2D eigenvalue weighted by Crippen LogP contribution is 2.25. The fourth-order valence-corrected chi connectivity index (χ4v) is 2.54. The number of aromatic nitrogens is 2. The van der Waals surface area contributed by atoms with E-state index in [2.05, 4.69) is 15.3 Å². The number of nitrogens with one attached hydrogen (secondary N) is 2. The third kappa shape index (κ3) is 3.29. The molecule has 1 aromatic rings. The third-order valence-corrected chi connectivity index (χ3v) is 3.65. The van der Waals surface area contributed by atoms with E-state index in [1.807, 2.05) is 4.90 Å². The van der Waals surface area contributed by atoms with Gasteiger partial charge >= 0.3 is 0 Å². The summed E-state index contributed by atoms with van der Waals surface area (Å²) in [6, 6.07) is 0. The van der Waals surface area contributed by atoms with Gasteiger partial charge in [0.25, 0.3) is 5.56 Å². The molecule has 1 aromatic heterocycles. The number of amides is 1. The Kier molecular flexibility index (Phi) is 4.97. The van der Waals surface area contributed by atoms with E-state index in [1.165, 1.54) is 6.33 Å². The predicted octanol–water partition coefficient (Wildman–Crippen LogP) is -0.285. The number of carbonyl (C=O) groups excluding carboxylic acids is 1. The molecule has 1 aliphatic heterocycles. The monoisotopic (exact) mass is 299 g/mol. The van der Waals surface area contributed by atoms with E-state index in [0.29, 0.717) is 25.5 Å². The van der Waals surface area contributed by atoms with Crippen molar-refractivity contribution < 1.29 is 4.79 Å². The van der Waals surface area contributed by atoms with E-state index >= 15 is 0 Å². The summed E-state index contributed by atoms with van der Waals surface area (Å²) in [4.78, 5) is 31.9. The van der Waals surface area contributed by atoms with Crippen LogP contribution < -0.4 is 21.5 Å². The number of H-pyrrole nitrogens is 1. The van der Waals surface area contributed by atoms with Crippen molar-refractivity contribution >= 4 is 23.3 Å². The second kappa shape index (κ2) is 6.71. The fraction of sp³-hybridized carbons (Fsp3) is 0.583. The summed E-state index contributed by atoms with van der Waals surface area (Å²) in [6.07, 6.45) is 2.99. The summed E-state index contributed by atoms with van der Waals surface area (Å²) < 4.78 is 0. The topological polar surface area (TPSA) is 104 Å². The SMILES string of the molecule is NCCNC(=O)C1CCCN(c2nc[nH]c(=O)c2Cl)C1. The second-order valence-corrected chi connectivity index (χ2v) is 5.11. The Bertz CT molecular complexity index is 533. The molecule has 1 amide bonds. The maximum absolute atomic E-state index is 12.0. The van der Waals surface area contributed by atoms with E-state index in [4.69, 9.17) is 17.3 Å². The highest BCUT2D eigenvalue weighted by atomic mass is 35.5. The van der Waals surface area contributed by atoms with Crippen LogP contribution in [0.15, 0.2) is 11.1 Å². The molecule has 20 heavy (non-hydrogen) atoms. The number of halogens is 1. The first-order chi connectivity index (χ1) is 9.63. The van der Waals surface area contributed by atoms with Gasteiger partial charge in [-0.15, -0.1) is 0 Å². The molecule has 1 unspecified atom stereocenters. The fourth-order valence-electron chi connectivity index (χ4n) is 2.32. The maximum atomic E-state index is 12.0. The molecule has 110 valence electrons. The summed E-state index contributed by atoms with van der Waals surface area (Å²) in [7, 11) is 0. The lowest BCUT2D eigenvalue weighted by molar-refractivity contribution is -0.125. The molecule has 2 heterocycles. The van der Waals surface area contributed by atoms with Gasteiger partial charge in [-0.25, -0.2) is 4.98 Å². The van der Waals surface area contributed by atoms with Crippen LogP contribution in [0, 0.1) is 5.92 Å². The minimum atomic E-state index is -0.369. The molecule has 2 rings (SSSR count). The molecule has 1 saturated heterocycles. The van der Waals surface area contributed by atoms with Crippen molar-refractivity contribution in [1.29, 1.82) is 0 Å². The average molecular weight is 300 g/mol. The minimum Gasteiger partial charge on any atom is -0.355 e. The van der Waals surface area contributed by atoms with Crippen LogP contribution in [0.3, 0.4) is 0 Å². The van der Waals surface area contributed by atoms with Gasteiger partial charge in [0, 0.05) is 26.2 Å². The van der Waals surface area contributed by atoms with Gasteiger partial charge in [0.1, 0.15) is 5.02 Å². The molecule has 0 radical (unpaired) electrons. The number of nitrogens with zero attached hydrogens (tertiary/aromatic N) is 2. The molecule has 4 N–H and O–H groups in total. The van der Waals surface area contributed by atoms with Crippen LogP contribution in [0.5, 0.6) is 0 Å². The lowest BCUT2D eigenvalue weighted by atomic mass is 9.97. The van der Waals surface area contributed by atoms with Crippen molar-refractivity contribution in [3.8, 4) is 0 Å². The Morgan fingerprint density at radius 2 is 2.45 bits per heavy atom. The number of hydrogen-bond acceptors (Lipinski definition) is 5. The molecule has 0 aliphatic carbocycles. The van der Waals surface area contributed by atoms with Gasteiger partial charge in [-0.05, 0) is 12.8 Å². The summed E-state index contributed by atoms with van der Waals surface area (Å²) in [6.45, 7) is 2.13. The van der Waals surface area contributed by atoms with Crippen LogP contribution in [-0.2, 0) is 4.79 Å². The zero-order valence-electron chi connectivity index (χ0n) is 11.1. The first kappa shape index (κ1) is 14.8. The molecular formula is C12H18ClN5O2. The lowest BCUT2D eigenvalue weighted by Gasteiger charge is -2.33. The Balaban J connectivity index is 2.08. The highest BCUT2D eigenvalue weighted by molar-refractivity contribution is 6.32. The van der Waals surface area contributed by atoms with Gasteiger partial charge in [-0.2, -0.15) is 0 Å². The van der Waals surface area contributed by atoms with Crippen LogP contribution >= 0.6 is 11.6 Å². The van der Waals surface area contributed by atoms with Crippen LogP contribution in [0.2, 0.25) is 5.02 Å². The summed E-state index contributed by atoms with van der Waals surface area (Å²) in [5, 5.41) is 2.85. The van der Waals surface area contributed by atoms with Gasteiger partial charge in [0.15, 0.2) is 5.82 Å². The van der Waals surface area contributed by atoms with E-state index in [1.54, 1.807) is 0 Å². The molecule has 0 bridgehead atoms. The Morgan fingerprint density at radius 1 is 1.65 bits per heavy atom. The zero-order chi connectivity index (χ0) is 14.5. The number of nitrogens with two attached hydrogens (primary N) is 1. The summed E-state index contributed by atoms with van der Waals surface area (Å²) in [5.41, 5.74) is 5.00. The van der Waals surface area contributed by atoms with Gasteiger partial charge in [0.2, 0.25) is 5.91 Å². The number of piperidine rings is 1. The van der Waals surface area contributed by atoms with E-state index in [9.17, 15) is 9.59 Å². The first-order valence-electron chi connectivity index (χ1n) is 6.59. The quantitative estimate of drug-likeness (QED) is 0.709. The number of carbonyl (C=O) groups is 1. The molecule has 0 aromatic carbocycles. The molecule has 1 atom stereocenters. The minimum absolute atomic E-state index is 0.0129. The smallest absolute Gasteiger partial charge is 0.271 e. The van der Waals surface area contributed by atoms with Crippen LogP contribution in [0.25, 0.3) is 0 Å². The van der Waals surface area contributed by atoms with Crippen LogP contribution in [0.4, 0.5) is 5.82 Å². The largest absolute Gasteiger partial charge is 0.355 e. The molecular weight excluding hydrogens is 282 g/mol.